The van der Waals surface area contributed by atoms with E-state index in [1.54, 1.807) is 0 Å². The maximum atomic E-state index is 12.3. The Hall–Kier alpha value is -0.280. The highest BCUT2D eigenvalue weighted by Crippen LogP contribution is 2.34. The third kappa shape index (κ3) is 4.64. The van der Waals surface area contributed by atoms with Gasteiger partial charge >= 0.3 is 0 Å². The summed E-state index contributed by atoms with van der Waals surface area (Å²) in [7, 11) is 0. The largest absolute Gasteiger partial charge is 0.342 e. The van der Waals surface area contributed by atoms with Crippen LogP contribution in [0.25, 0.3) is 0 Å². The molecule has 2 aliphatic heterocycles. The van der Waals surface area contributed by atoms with Gasteiger partial charge < -0.3 is 10.2 Å². The van der Waals surface area contributed by atoms with Crippen molar-refractivity contribution in [3.05, 3.63) is 0 Å². The van der Waals surface area contributed by atoms with Crippen molar-refractivity contribution in [1.82, 2.24) is 10.2 Å². The fraction of sp³-hybridized carbons (Fsp3) is 0.933. The van der Waals surface area contributed by atoms with E-state index < -0.39 is 0 Å². The maximum absolute atomic E-state index is 12.3. The van der Waals surface area contributed by atoms with Gasteiger partial charge in [-0.25, -0.2) is 0 Å². The molecule has 0 aromatic rings. The van der Waals surface area contributed by atoms with E-state index in [4.69, 9.17) is 0 Å². The molecule has 0 aliphatic carbocycles. The fourth-order valence-corrected chi connectivity index (χ4v) is 3.61. The first-order valence-electron chi connectivity index (χ1n) is 7.64. The summed E-state index contributed by atoms with van der Waals surface area (Å²) in [4.78, 5) is 14.5. The Morgan fingerprint density at radius 2 is 2.21 bits per heavy atom. The van der Waals surface area contributed by atoms with Crippen molar-refractivity contribution < 1.29 is 4.79 Å². The molecule has 112 valence electrons. The molecule has 0 aromatic carbocycles. The van der Waals surface area contributed by atoms with Crippen LogP contribution in [0.4, 0.5) is 0 Å². The molecule has 0 spiro atoms. The molecule has 2 heterocycles. The number of rotatable bonds is 4. The van der Waals surface area contributed by atoms with Crippen LogP contribution in [0.5, 0.6) is 0 Å². The Morgan fingerprint density at radius 3 is 2.84 bits per heavy atom. The molecule has 2 saturated heterocycles. The second-order valence-corrected chi connectivity index (χ2v) is 6.48. The molecule has 2 fully saturated rings. The van der Waals surface area contributed by atoms with E-state index in [9.17, 15) is 4.79 Å². The van der Waals surface area contributed by atoms with Gasteiger partial charge in [-0.15, -0.1) is 12.4 Å². The number of hydrogen-bond acceptors (Lipinski definition) is 2. The van der Waals surface area contributed by atoms with Crippen molar-refractivity contribution in [3.63, 3.8) is 0 Å². The first kappa shape index (κ1) is 16.8. The third-order valence-electron chi connectivity index (χ3n) is 4.57. The van der Waals surface area contributed by atoms with Crippen LogP contribution in [-0.2, 0) is 4.79 Å². The highest BCUT2D eigenvalue weighted by Gasteiger charge is 2.33. The van der Waals surface area contributed by atoms with E-state index in [-0.39, 0.29) is 12.4 Å². The molecule has 0 aromatic heterocycles. The van der Waals surface area contributed by atoms with Crippen LogP contribution in [0.3, 0.4) is 0 Å². The SMILES string of the molecule is CCCC1(C)CCCN(C(=O)CC2CCCN2)C1.Cl. The average molecular weight is 289 g/mol. The summed E-state index contributed by atoms with van der Waals surface area (Å²) in [5, 5.41) is 3.42. The van der Waals surface area contributed by atoms with Gasteiger partial charge in [0.25, 0.3) is 0 Å². The van der Waals surface area contributed by atoms with Crippen LogP contribution in [-0.4, -0.2) is 36.5 Å². The van der Waals surface area contributed by atoms with E-state index in [0.29, 0.717) is 23.8 Å². The Labute approximate surface area is 123 Å². The zero-order valence-electron chi connectivity index (χ0n) is 12.4. The van der Waals surface area contributed by atoms with Crippen molar-refractivity contribution >= 4 is 18.3 Å². The first-order valence-corrected chi connectivity index (χ1v) is 7.64. The minimum atomic E-state index is 0. The molecule has 19 heavy (non-hydrogen) atoms. The van der Waals surface area contributed by atoms with Gasteiger partial charge in [0, 0.05) is 25.6 Å². The van der Waals surface area contributed by atoms with Crippen LogP contribution in [0.1, 0.15) is 58.8 Å². The van der Waals surface area contributed by atoms with Crippen molar-refractivity contribution in [2.75, 3.05) is 19.6 Å². The lowest BCUT2D eigenvalue weighted by Crippen LogP contribution is -2.46. The Balaban J connectivity index is 0.00000180. The number of amides is 1. The fourth-order valence-electron chi connectivity index (χ4n) is 3.61. The van der Waals surface area contributed by atoms with Crippen LogP contribution in [0.2, 0.25) is 0 Å². The summed E-state index contributed by atoms with van der Waals surface area (Å²) >= 11 is 0. The molecule has 2 atom stereocenters. The molecule has 4 heteroatoms. The summed E-state index contributed by atoms with van der Waals surface area (Å²) in [6, 6.07) is 0.442. The van der Waals surface area contributed by atoms with Gasteiger partial charge in [0.05, 0.1) is 0 Å². The average Bonchev–Trinajstić information content (AvgIpc) is 2.81. The van der Waals surface area contributed by atoms with Crippen LogP contribution < -0.4 is 5.32 Å². The molecule has 2 aliphatic rings. The minimum absolute atomic E-state index is 0. The van der Waals surface area contributed by atoms with Gasteiger partial charge in [-0.2, -0.15) is 0 Å². The number of piperidine rings is 1. The molecule has 3 nitrogen and oxygen atoms in total. The van der Waals surface area contributed by atoms with Crippen molar-refractivity contribution in [2.24, 2.45) is 5.41 Å². The number of nitrogens with one attached hydrogen (secondary N) is 1. The number of carbonyl (C=O) groups excluding carboxylic acids is 1. The number of nitrogens with zero attached hydrogens (tertiary/aromatic N) is 1. The van der Waals surface area contributed by atoms with Gasteiger partial charge in [-0.3, -0.25) is 4.79 Å². The lowest BCUT2D eigenvalue weighted by atomic mass is 9.78. The van der Waals surface area contributed by atoms with E-state index in [2.05, 4.69) is 24.1 Å². The minimum Gasteiger partial charge on any atom is -0.342 e. The van der Waals surface area contributed by atoms with Crippen molar-refractivity contribution in [2.45, 2.75) is 64.8 Å². The predicted octanol–water partition coefficient (Wildman–Crippen LogP) is 2.98. The lowest BCUT2D eigenvalue weighted by molar-refractivity contribution is -0.135. The highest BCUT2D eigenvalue weighted by atomic mass is 35.5. The van der Waals surface area contributed by atoms with Crippen molar-refractivity contribution in [1.29, 1.82) is 0 Å². The summed E-state index contributed by atoms with van der Waals surface area (Å²) < 4.78 is 0. The zero-order valence-corrected chi connectivity index (χ0v) is 13.2. The van der Waals surface area contributed by atoms with E-state index in [1.807, 2.05) is 0 Å². The molecular weight excluding hydrogens is 260 g/mol. The van der Waals surface area contributed by atoms with E-state index in [1.165, 1.54) is 38.5 Å². The molecule has 0 bridgehead atoms. The Morgan fingerprint density at radius 1 is 1.42 bits per heavy atom. The van der Waals surface area contributed by atoms with Crippen LogP contribution in [0.15, 0.2) is 0 Å². The Kier molecular flexibility index (Phi) is 6.61. The van der Waals surface area contributed by atoms with Gasteiger partial charge in [-0.05, 0) is 44.1 Å². The number of halogens is 1. The highest BCUT2D eigenvalue weighted by molar-refractivity contribution is 5.85. The van der Waals surface area contributed by atoms with Gasteiger partial charge in [0.1, 0.15) is 0 Å². The third-order valence-corrected chi connectivity index (χ3v) is 4.57. The number of carbonyl (C=O) groups is 1. The summed E-state index contributed by atoms with van der Waals surface area (Å²) in [6.45, 7) is 7.64. The molecular formula is C15H29ClN2O. The summed E-state index contributed by atoms with van der Waals surface area (Å²) in [6.07, 6.45) is 8.05. The van der Waals surface area contributed by atoms with Gasteiger partial charge in [0.15, 0.2) is 0 Å². The first-order chi connectivity index (χ1) is 8.63. The maximum Gasteiger partial charge on any atom is 0.224 e. The monoisotopic (exact) mass is 288 g/mol. The molecule has 0 saturated carbocycles. The smallest absolute Gasteiger partial charge is 0.224 e. The molecule has 1 N–H and O–H groups in total. The molecule has 0 radical (unpaired) electrons. The topological polar surface area (TPSA) is 32.3 Å². The quantitative estimate of drug-likeness (QED) is 0.862. The Bertz CT molecular complexity index is 288. The zero-order chi connectivity index (χ0) is 13.0. The molecule has 1 amide bonds. The standard InChI is InChI=1S/C15H28N2O.ClH/c1-3-7-15(2)8-5-10-17(12-15)14(18)11-13-6-4-9-16-13;/h13,16H,3-12H2,1-2H3;1H. The molecule has 2 unspecified atom stereocenters. The van der Waals surface area contributed by atoms with E-state index >= 15 is 0 Å². The summed E-state index contributed by atoms with van der Waals surface area (Å²) in [5.41, 5.74) is 0.367. The summed E-state index contributed by atoms with van der Waals surface area (Å²) in [5.74, 6) is 0.372. The van der Waals surface area contributed by atoms with Crippen molar-refractivity contribution in [3.8, 4) is 0 Å². The van der Waals surface area contributed by atoms with Crippen LogP contribution >= 0.6 is 12.4 Å². The lowest BCUT2D eigenvalue weighted by Gasteiger charge is -2.41. The normalized spacial score (nSPS) is 31.1. The van der Waals surface area contributed by atoms with Gasteiger partial charge in [0.2, 0.25) is 5.91 Å². The molecule has 2 rings (SSSR count). The number of hydrogen-bond donors (Lipinski definition) is 1. The van der Waals surface area contributed by atoms with Gasteiger partial charge in [-0.1, -0.05) is 20.3 Å². The second kappa shape index (κ2) is 7.49. The predicted molar refractivity (Wildman–Crippen MR) is 81.7 cm³/mol. The van der Waals surface area contributed by atoms with Crippen LogP contribution in [0, 0.1) is 5.41 Å². The van der Waals surface area contributed by atoms with E-state index in [0.717, 1.165) is 19.6 Å². The second-order valence-electron chi connectivity index (χ2n) is 6.48. The number of likely N-dealkylation sites (tertiary alicyclic amines) is 1.